The van der Waals surface area contributed by atoms with E-state index in [0.29, 0.717) is 12.5 Å². The van der Waals surface area contributed by atoms with E-state index in [4.69, 9.17) is 11.6 Å². The van der Waals surface area contributed by atoms with Gasteiger partial charge >= 0.3 is 6.18 Å². The predicted molar refractivity (Wildman–Crippen MR) is 96.7 cm³/mol. The van der Waals surface area contributed by atoms with Crippen molar-refractivity contribution in [1.29, 1.82) is 0 Å². The van der Waals surface area contributed by atoms with E-state index in [9.17, 15) is 13.2 Å². The van der Waals surface area contributed by atoms with Crippen molar-refractivity contribution >= 4 is 52.9 Å². The number of benzene rings is 2. The number of nitrogens with one attached hydrogen (secondary N) is 2. The number of fused-ring (bicyclic) bond motifs is 1. The van der Waals surface area contributed by atoms with Crippen LogP contribution in [-0.2, 0) is 12.7 Å². The minimum Gasteiger partial charge on any atom is -0.326 e. The van der Waals surface area contributed by atoms with Crippen molar-refractivity contribution in [2.75, 3.05) is 10.6 Å². The molecule has 0 aromatic heterocycles. The van der Waals surface area contributed by atoms with Gasteiger partial charge in [0.25, 0.3) is 0 Å². The Kier molecular flexibility index (Phi) is 5.41. The first-order valence-corrected chi connectivity index (χ1v) is 6.84. The van der Waals surface area contributed by atoms with Crippen LogP contribution in [-0.4, -0.2) is 5.96 Å². The van der Waals surface area contributed by atoms with Crippen LogP contribution in [0.5, 0.6) is 0 Å². The summed E-state index contributed by atoms with van der Waals surface area (Å²) in [4.78, 5) is 4.26. The molecule has 0 saturated carbocycles. The Balaban J connectivity index is 0.00000192. The molecule has 23 heavy (non-hydrogen) atoms. The highest BCUT2D eigenvalue weighted by Gasteiger charge is 2.33. The molecular formula is C15H12ClF3IN3. The standard InChI is InChI=1S/C15H11ClF3N3.HI/c16-12-6-5-10(7-11(12)15(17,18)19)21-14-20-8-9-3-1-2-4-13(9)22-14;/h1-7H,8H2,(H2,20,21,22);1H. The number of nitrogens with zero attached hydrogens (tertiary/aromatic N) is 1. The molecule has 0 spiro atoms. The van der Waals surface area contributed by atoms with Gasteiger partial charge in [-0.15, -0.1) is 24.0 Å². The van der Waals surface area contributed by atoms with E-state index >= 15 is 0 Å². The van der Waals surface area contributed by atoms with Crippen molar-refractivity contribution in [2.45, 2.75) is 12.7 Å². The van der Waals surface area contributed by atoms with Crippen molar-refractivity contribution in [3.05, 3.63) is 58.6 Å². The van der Waals surface area contributed by atoms with E-state index in [0.717, 1.165) is 17.3 Å². The summed E-state index contributed by atoms with van der Waals surface area (Å²) in [5.41, 5.74) is 1.29. The van der Waals surface area contributed by atoms with Gasteiger partial charge in [0.15, 0.2) is 0 Å². The van der Waals surface area contributed by atoms with Gasteiger partial charge in [0.05, 0.1) is 17.1 Å². The van der Waals surface area contributed by atoms with E-state index in [1.54, 1.807) is 0 Å². The van der Waals surface area contributed by atoms with Gasteiger partial charge in [0.1, 0.15) is 0 Å². The molecule has 2 aromatic carbocycles. The molecule has 1 heterocycles. The summed E-state index contributed by atoms with van der Waals surface area (Å²) >= 11 is 5.60. The lowest BCUT2D eigenvalue weighted by Crippen LogP contribution is -2.25. The summed E-state index contributed by atoms with van der Waals surface area (Å²) in [5.74, 6) is 0.397. The zero-order valence-electron chi connectivity index (χ0n) is 11.6. The molecule has 0 unspecified atom stereocenters. The molecule has 0 amide bonds. The summed E-state index contributed by atoms with van der Waals surface area (Å²) in [6.45, 7) is 0.464. The molecule has 0 aliphatic carbocycles. The van der Waals surface area contributed by atoms with Crippen LogP contribution < -0.4 is 10.6 Å². The Morgan fingerprint density at radius 1 is 1.13 bits per heavy atom. The molecular weight excluding hydrogens is 442 g/mol. The Bertz CT molecular complexity index is 747. The topological polar surface area (TPSA) is 36.4 Å². The highest BCUT2D eigenvalue weighted by Crippen LogP contribution is 2.36. The molecule has 122 valence electrons. The molecule has 0 bridgehead atoms. The Hall–Kier alpha value is -1.48. The van der Waals surface area contributed by atoms with E-state index in [-0.39, 0.29) is 34.7 Å². The second kappa shape index (κ2) is 6.96. The number of para-hydroxylation sites is 1. The molecule has 0 saturated heterocycles. The number of aliphatic imine (C=N–C) groups is 1. The monoisotopic (exact) mass is 453 g/mol. The van der Waals surface area contributed by atoms with Gasteiger partial charge in [-0.05, 0) is 29.8 Å². The van der Waals surface area contributed by atoms with E-state index in [1.165, 1.54) is 12.1 Å². The minimum atomic E-state index is -4.50. The third kappa shape index (κ3) is 4.08. The molecule has 0 atom stereocenters. The van der Waals surface area contributed by atoms with Gasteiger partial charge in [-0.3, -0.25) is 0 Å². The maximum Gasteiger partial charge on any atom is 0.417 e. The van der Waals surface area contributed by atoms with Crippen LogP contribution in [0.1, 0.15) is 11.1 Å². The first-order valence-electron chi connectivity index (χ1n) is 6.46. The SMILES string of the molecule is FC(F)(F)c1cc(NC2=NCc3ccccc3N2)ccc1Cl.I. The molecule has 0 radical (unpaired) electrons. The summed E-state index contributed by atoms with van der Waals surface area (Å²) in [6.07, 6.45) is -4.50. The molecule has 8 heteroatoms. The molecule has 3 rings (SSSR count). The second-order valence-corrected chi connectivity index (χ2v) is 5.17. The molecule has 3 nitrogen and oxygen atoms in total. The van der Waals surface area contributed by atoms with Crippen molar-refractivity contribution in [3.63, 3.8) is 0 Å². The number of anilines is 2. The minimum absolute atomic E-state index is 0. The van der Waals surface area contributed by atoms with Crippen LogP contribution in [0.2, 0.25) is 5.02 Å². The van der Waals surface area contributed by atoms with Crippen LogP contribution >= 0.6 is 35.6 Å². The quantitative estimate of drug-likeness (QED) is 0.570. The fourth-order valence-electron chi connectivity index (χ4n) is 2.14. The molecule has 1 aliphatic heterocycles. The summed E-state index contributed by atoms with van der Waals surface area (Å²) < 4.78 is 38.5. The highest BCUT2D eigenvalue weighted by molar-refractivity contribution is 14.0. The van der Waals surface area contributed by atoms with Crippen LogP contribution in [0.3, 0.4) is 0 Å². The first kappa shape index (κ1) is 17.9. The number of hydrogen-bond donors (Lipinski definition) is 2. The van der Waals surface area contributed by atoms with Crippen LogP contribution in [0.15, 0.2) is 47.5 Å². The molecule has 1 aliphatic rings. The Morgan fingerprint density at radius 2 is 1.87 bits per heavy atom. The number of hydrogen-bond acceptors (Lipinski definition) is 3. The van der Waals surface area contributed by atoms with E-state index < -0.39 is 11.7 Å². The molecule has 0 fully saturated rings. The maximum atomic E-state index is 12.8. The van der Waals surface area contributed by atoms with E-state index in [1.807, 2.05) is 24.3 Å². The van der Waals surface area contributed by atoms with Gasteiger partial charge < -0.3 is 10.6 Å². The summed E-state index contributed by atoms with van der Waals surface area (Å²) in [7, 11) is 0. The lowest BCUT2D eigenvalue weighted by Gasteiger charge is -2.20. The third-order valence-electron chi connectivity index (χ3n) is 3.21. The zero-order chi connectivity index (χ0) is 15.7. The second-order valence-electron chi connectivity index (χ2n) is 4.76. The van der Waals surface area contributed by atoms with Gasteiger partial charge in [0.2, 0.25) is 5.96 Å². The van der Waals surface area contributed by atoms with Crippen molar-refractivity contribution in [3.8, 4) is 0 Å². The maximum absolute atomic E-state index is 12.8. The summed E-state index contributed by atoms with van der Waals surface area (Å²) in [6, 6.07) is 11.3. The fraction of sp³-hybridized carbons (Fsp3) is 0.133. The van der Waals surface area contributed by atoms with Gasteiger partial charge in [0, 0.05) is 11.4 Å². The average molecular weight is 454 g/mol. The van der Waals surface area contributed by atoms with Crippen LogP contribution in [0.25, 0.3) is 0 Å². The number of guanidine groups is 1. The number of halogens is 5. The van der Waals surface area contributed by atoms with Crippen molar-refractivity contribution < 1.29 is 13.2 Å². The van der Waals surface area contributed by atoms with Crippen LogP contribution in [0, 0.1) is 0 Å². The predicted octanol–water partition coefficient (Wildman–Crippen LogP) is 5.37. The average Bonchev–Trinajstić information content (AvgIpc) is 2.48. The normalized spacial score (nSPS) is 13.3. The van der Waals surface area contributed by atoms with Crippen LogP contribution in [0.4, 0.5) is 24.5 Å². The summed E-state index contributed by atoms with van der Waals surface area (Å²) in [5, 5.41) is 5.55. The Morgan fingerprint density at radius 3 is 2.61 bits per heavy atom. The van der Waals surface area contributed by atoms with Gasteiger partial charge in [-0.25, -0.2) is 4.99 Å². The number of rotatable bonds is 1. The highest BCUT2D eigenvalue weighted by atomic mass is 127. The zero-order valence-corrected chi connectivity index (χ0v) is 14.7. The molecule has 2 aromatic rings. The van der Waals surface area contributed by atoms with Gasteiger partial charge in [-0.1, -0.05) is 29.8 Å². The van der Waals surface area contributed by atoms with Crippen molar-refractivity contribution in [2.24, 2.45) is 4.99 Å². The fourth-order valence-corrected chi connectivity index (χ4v) is 2.36. The smallest absolute Gasteiger partial charge is 0.326 e. The molecule has 2 N–H and O–H groups in total. The lowest BCUT2D eigenvalue weighted by atomic mass is 10.1. The number of alkyl halides is 3. The largest absolute Gasteiger partial charge is 0.417 e. The van der Waals surface area contributed by atoms with E-state index in [2.05, 4.69) is 15.6 Å². The Labute approximate surface area is 153 Å². The van der Waals surface area contributed by atoms with Crippen molar-refractivity contribution in [1.82, 2.24) is 0 Å². The lowest BCUT2D eigenvalue weighted by molar-refractivity contribution is -0.137. The first-order chi connectivity index (χ1) is 10.4. The third-order valence-corrected chi connectivity index (χ3v) is 3.54. The van der Waals surface area contributed by atoms with Gasteiger partial charge in [-0.2, -0.15) is 13.2 Å².